The van der Waals surface area contributed by atoms with Crippen molar-refractivity contribution in [1.82, 2.24) is 25.8 Å². The summed E-state index contributed by atoms with van der Waals surface area (Å²) in [6, 6.07) is 10.5. The van der Waals surface area contributed by atoms with Gasteiger partial charge in [0.1, 0.15) is 0 Å². The standard InChI is InChI=1S/C31H38Cl2N8O3/c1-16-24-12-20(31(24,4)5)13-26(16)35-29(39-37-17(2)42)34-22-8-9-23-27(15-22)36-30(40-38-18(3)43)41(28(23)44)11-10-19-6-7-21(32)14-25(19)33/h6-9,14-16,20,24,26H,10-13H2,1-5H3,(H,36,40)(H,37,42)(H,38,43)(H2,34,35,39). The van der Waals surface area contributed by atoms with E-state index in [0.717, 1.165) is 12.0 Å². The number of carbonyl (C=O) groups excluding carboxylic acids is 2. The zero-order chi connectivity index (χ0) is 31.8. The lowest BCUT2D eigenvalue weighted by molar-refractivity contribution is -0.120. The minimum atomic E-state index is -0.343. The first-order chi connectivity index (χ1) is 20.8. The molecule has 3 fully saturated rings. The Labute approximate surface area is 266 Å². The third kappa shape index (κ3) is 6.63. The van der Waals surface area contributed by atoms with E-state index >= 15 is 0 Å². The molecule has 2 amide bonds. The first-order valence-corrected chi connectivity index (χ1v) is 15.5. The molecule has 2 bridgehead atoms. The van der Waals surface area contributed by atoms with Crippen molar-refractivity contribution in [3.05, 3.63) is 62.4 Å². The zero-order valence-corrected chi connectivity index (χ0v) is 26.9. The maximum absolute atomic E-state index is 13.7. The predicted molar refractivity (Wildman–Crippen MR) is 175 cm³/mol. The maximum Gasteiger partial charge on any atom is 0.262 e. The number of anilines is 2. The summed E-state index contributed by atoms with van der Waals surface area (Å²) in [5.74, 6) is 1.60. The molecule has 3 aliphatic rings. The fourth-order valence-corrected chi connectivity index (χ4v) is 7.04. The maximum atomic E-state index is 13.7. The quantitative estimate of drug-likeness (QED) is 0.141. The van der Waals surface area contributed by atoms with Gasteiger partial charge in [-0.1, -0.05) is 50.0 Å². The fourth-order valence-electron chi connectivity index (χ4n) is 6.54. The van der Waals surface area contributed by atoms with Gasteiger partial charge in [-0.3, -0.25) is 40.7 Å². The average Bonchev–Trinajstić information content (AvgIpc) is 2.95. The van der Waals surface area contributed by atoms with Crippen LogP contribution in [0.25, 0.3) is 10.9 Å². The summed E-state index contributed by atoms with van der Waals surface area (Å²) < 4.78 is 1.46. The lowest BCUT2D eigenvalue weighted by Crippen LogP contribution is -2.57. The summed E-state index contributed by atoms with van der Waals surface area (Å²) in [6.07, 6.45) is 2.65. The highest BCUT2D eigenvalue weighted by Gasteiger charge is 2.56. The van der Waals surface area contributed by atoms with Crippen LogP contribution in [-0.4, -0.2) is 33.4 Å². The van der Waals surface area contributed by atoms with Crippen LogP contribution in [0.2, 0.25) is 10.0 Å². The van der Waals surface area contributed by atoms with Crippen molar-refractivity contribution in [2.24, 2.45) is 28.2 Å². The third-order valence-corrected chi connectivity index (χ3v) is 9.74. The molecule has 0 aliphatic heterocycles. The van der Waals surface area contributed by atoms with Gasteiger partial charge in [0.15, 0.2) is 0 Å². The van der Waals surface area contributed by atoms with Gasteiger partial charge in [0.25, 0.3) is 5.56 Å². The molecule has 3 aromatic rings. The first-order valence-electron chi connectivity index (χ1n) is 14.7. The van der Waals surface area contributed by atoms with Gasteiger partial charge in [0, 0.05) is 36.1 Å². The minimum Gasteiger partial charge on any atom is -0.325 e. The molecule has 0 spiro atoms. The highest BCUT2D eigenvalue weighted by molar-refractivity contribution is 6.35. The van der Waals surface area contributed by atoms with Crippen molar-refractivity contribution < 1.29 is 9.59 Å². The van der Waals surface area contributed by atoms with Crippen molar-refractivity contribution in [1.29, 1.82) is 0 Å². The number of fused-ring (bicyclic) bond motifs is 3. The van der Waals surface area contributed by atoms with Gasteiger partial charge in [-0.2, -0.15) is 0 Å². The molecule has 0 saturated heterocycles. The smallest absolute Gasteiger partial charge is 0.262 e. The number of aromatic nitrogens is 2. The topological polar surface area (TPSA) is 142 Å². The average molecular weight is 642 g/mol. The van der Waals surface area contributed by atoms with E-state index in [4.69, 9.17) is 28.2 Å². The van der Waals surface area contributed by atoms with E-state index in [1.807, 2.05) is 6.07 Å². The summed E-state index contributed by atoms with van der Waals surface area (Å²) in [5.41, 5.74) is 12.7. The Morgan fingerprint density at radius 3 is 2.45 bits per heavy atom. The van der Waals surface area contributed by atoms with Crippen LogP contribution in [0.5, 0.6) is 0 Å². The normalized spacial score (nSPS) is 22.1. The molecule has 3 saturated carbocycles. The lowest BCUT2D eigenvalue weighted by Gasteiger charge is -2.61. The number of hydrogen-bond donors (Lipinski definition) is 5. The number of aliphatic imine (C=N–C) groups is 1. The number of benzene rings is 2. The summed E-state index contributed by atoms with van der Waals surface area (Å²) in [7, 11) is 0. The number of halogens is 2. The lowest BCUT2D eigenvalue weighted by atomic mass is 9.45. The number of hydrazine groups is 2. The molecule has 5 N–H and O–H groups in total. The van der Waals surface area contributed by atoms with E-state index in [0.29, 0.717) is 62.2 Å². The molecule has 2 aromatic carbocycles. The Balaban J connectivity index is 1.44. The largest absolute Gasteiger partial charge is 0.325 e. The zero-order valence-electron chi connectivity index (χ0n) is 25.4. The summed E-state index contributed by atoms with van der Waals surface area (Å²) in [5, 5.41) is 4.68. The van der Waals surface area contributed by atoms with Crippen molar-refractivity contribution in [3.8, 4) is 0 Å². The second-order valence-corrected chi connectivity index (χ2v) is 13.2. The second kappa shape index (κ2) is 12.6. The summed E-state index contributed by atoms with van der Waals surface area (Å²) >= 11 is 12.4. The van der Waals surface area contributed by atoms with Crippen LogP contribution in [0.1, 0.15) is 53.0 Å². The number of nitrogens with one attached hydrogen (secondary N) is 5. The highest BCUT2D eigenvalue weighted by Crippen LogP contribution is 2.61. The van der Waals surface area contributed by atoms with Crippen LogP contribution >= 0.6 is 23.2 Å². The van der Waals surface area contributed by atoms with E-state index < -0.39 is 0 Å². The van der Waals surface area contributed by atoms with Crippen LogP contribution < -0.4 is 32.6 Å². The van der Waals surface area contributed by atoms with E-state index in [1.54, 1.807) is 30.3 Å². The second-order valence-electron chi connectivity index (χ2n) is 12.3. The molecule has 234 valence electrons. The van der Waals surface area contributed by atoms with Crippen molar-refractivity contribution in [2.45, 2.75) is 66.5 Å². The number of nitrogens with zero attached hydrogens (tertiary/aromatic N) is 3. The molecule has 6 rings (SSSR count). The Hall–Kier alpha value is -3.83. The van der Waals surface area contributed by atoms with Crippen LogP contribution in [0.3, 0.4) is 0 Å². The molecule has 4 atom stereocenters. The Morgan fingerprint density at radius 2 is 1.80 bits per heavy atom. The van der Waals surface area contributed by atoms with Crippen molar-refractivity contribution in [3.63, 3.8) is 0 Å². The Morgan fingerprint density at radius 1 is 1.05 bits per heavy atom. The van der Waals surface area contributed by atoms with E-state index in [-0.39, 0.29) is 35.9 Å². The SMILES string of the molecule is CC(=O)NNC(=NC1CC2CC(C1C)C2(C)C)Nc1ccc2c(=O)n(CCc3ccc(Cl)cc3Cl)c(NNC(C)=O)nc2c1. The van der Waals surface area contributed by atoms with Gasteiger partial charge < -0.3 is 5.32 Å². The molecule has 44 heavy (non-hydrogen) atoms. The van der Waals surface area contributed by atoms with Crippen molar-refractivity contribution >= 4 is 63.5 Å². The van der Waals surface area contributed by atoms with Gasteiger partial charge in [-0.25, -0.2) is 9.98 Å². The van der Waals surface area contributed by atoms with Crippen LogP contribution in [0.15, 0.2) is 46.2 Å². The third-order valence-electron chi connectivity index (χ3n) is 9.15. The van der Waals surface area contributed by atoms with Gasteiger partial charge in [0.2, 0.25) is 23.7 Å². The van der Waals surface area contributed by atoms with Gasteiger partial charge >= 0.3 is 0 Å². The van der Waals surface area contributed by atoms with E-state index in [1.165, 1.54) is 24.8 Å². The van der Waals surface area contributed by atoms with Crippen LogP contribution in [-0.2, 0) is 22.6 Å². The Bertz CT molecular complexity index is 1690. The molecule has 0 radical (unpaired) electrons. The molecule has 11 nitrogen and oxygen atoms in total. The number of amides is 2. The predicted octanol–water partition coefficient (Wildman–Crippen LogP) is 4.89. The van der Waals surface area contributed by atoms with E-state index in [9.17, 15) is 14.4 Å². The number of hydrogen-bond acceptors (Lipinski definition) is 6. The monoisotopic (exact) mass is 640 g/mol. The van der Waals surface area contributed by atoms with E-state index in [2.05, 4.69) is 52.8 Å². The van der Waals surface area contributed by atoms with Gasteiger partial charge in [-0.05, 0) is 78.3 Å². The summed E-state index contributed by atoms with van der Waals surface area (Å²) in [6.45, 7) is 9.96. The highest BCUT2D eigenvalue weighted by atomic mass is 35.5. The molecule has 4 unspecified atom stereocenters. The number of carbonyl (C=O) groups is 2. The number of guanidine groups is 1. The summed E-state index contributed by atoms with van der Waals surface area (Å²) in [4.78, 5) is 46.7. The first kappa shape index (κ1) is 31.6. The molecule has 13 heteroatoms. The number of aryl methyl sites for hydroxylation is 1. The number of rotatable bonds is 7. The van der Waals surface area contributed by atoms with Gasteiger partial charge in [-0.15, -0.1) is 0 Å². The molecule has 3 aliphatic carbocycles. The minimum absolute atomic E-state index is 0.101. The molecule has 1 aromatic heterocycles. The molecule has 1 heterocycles. The van der Waals surface area contributed by atoms with Crippen LogP contribution in [0.4, 0.5) is 11.6 Å². The molecular weight excluding hydrogens is 603 g/mol. The molecular formula is C31H38Cl2N8O3. The fraction of sp³-hybridized carbons (Fsp3) is 0.452. The van der Waals surface area contributed by atoms with Gasteiger partial charge in [0.05, 0.1) is 16.9 Å². The van der Waals surface area contributed by atoms with Crippen molar-refractivity contribution in [2.75, 3.05) is 10.7 Å². The Kier molecular flexibility index (Phi) is 9.08. The van der Waals surface area contributed by atoms with Crippen LogP contribution in [0, 0.1) is 23.2 Å².